The van der Waals surface area contributed by atoms with E-state index in [1.165, 1.54) is 6.20 Å². The minimum atomic E-state index is -4.51. The minimum absolute atomic E-state index is 0.137. The van der Waals surface area contributed by atoms with E-state index in [1.807, 2.05) is 19.1 Å². The molecule has 1 fully saturated rings. The SMILES string of the molecule is Cc1ccc(C(=O)NC2CC2)cc1-c1cccc2c(O[C@@H](C)C(F)(F)F)nncc12. The molecule has 4 rings (SSSR count). The van der Waals surface area contributed by atoms with Crippen LogP contribution in [0.5, 0.6) is 5.88 Å². The van der Waals surface area contributed by atoms with Gasteiger partial charge in [-0.2, -0.15) is 18.3 Å². The number of halogens is 3. The van der Waals surface area contributed by atoms with Crippen LogP contribution in [0.25, 0.3) is 21.9 Å². The lowest BCUT2D eigenvalue weighted by molar-refractivity contribution is -0.189. The van der Waals surface area contributed by atoms with Crippen LogP contribution in [0, 0.1) is 6.92 Å². The molecule has 1 aliphatic rings. The van der Waals surface area contributed by atoms with Crippen molar-refractivity contribution in [2.24, 2.45) is 0 Å². The van der Waals surface area contributed by atoms with Gasteiger partial charge >= 0.3 is 6.18 Å². The van der Waals surface area contributed by atoms with Crippen molar-refractivity contribution in [3.63, 3.8) is 0 Å². The van der Waals surface area contributed by atoms with Crippen molar-refractivity contribution >= 4 is 16.7 Å². The van der Waals surface area contributed by atoms with E-state index < -0.39 is 12.3 Å². The topological polar surface area (TPSA) is 64.1 Å². The number of amides is 1. The van der Waals surface area contributed by atoms with Crippen LogP contribution in [0.2, 0.25) is 0 Å². The van der Waals surface area contributed by atoms with Gasteiger partial charge in [0.1, 0.15) is 0 Å². The highest BCUT2D eigenvalue weighted by molar-refractivity contribution is 6.01. The van der Waals surface area contributed by atoms with Gasteiger partial charge in [-0.1, -0.05) is 18.2 Å². The normalized spacial score (nSPS) is 15.1. The smallest absolute Gasteiger partial charge is 0.425 e. The van der Waals surface area contributed by atoms with Crippen LogP contribution in [0.1, 0.15) is 35.7 Å². The van der Waals surface area contributed by atoms with Gasteiger partial charge in [-0.3, -0.25) is 4.79 Å². The molecule has 1 N–H and O–H groups in total. The first-order valence-corrected chi connectivity index (χ1v) is 9.63. The molecule has 3 aromatic rings. The zero-order chi connectivity index (χ0) is 21.5. The van der Waals surface area contributed by atoms with Crippen molar-refractivity contribution in [1.29, 1.82) is 0 Å². The molecule has 0 aliphatic heterocycles. The third-order valence-corrected chi connectivity index (χ3v) is 5.12. The number of aryl methyl sites for hydroxylation is 1. The Bertz CT molecular complexity index is 1110. The van der Waals surface area contributed by atoms with E-state index in [2.05, 4.69) is 15.5 Å². The zero-order valence-corrected chi connectivity index (χ0v) is 16.5. The molecule has 2 aromatic carbocycles. The van der Waals surface area contributed by atoms with E-state index in [4.69, 9.17) is 4.74 Å². The number of benzene rings is 2. The Kier molecular flexibility index (Phi) is 5.09. The number of fused-ring (bicyclic) bond motifs is 1. The van der Waals surface area contributed by atoms with Gasteiger partial charge in [0.15, 0.2) is 6.10 Å². The number of nitrogens with one attached hydrogen (secondary N) is 1. The number of ether oxygens (including phenoxy) is 1. The maximum Gasteiger partial charge on any atom is 0.425 e. The number of hydrogen-bond acceptors (Lipinski definition) is 4. The summed E-state index contributed by atoms with van der Waals surface area (Å²) < 4.78 is 43.9. The van der Waals surface area contributed by atoms with Crippen LogP contribution in [0.15, 0.2) is 42.6 Å². The molecule has 8 heteroatoms. The molecule has 1 aromatic heterocycles. The molecule has 1 saturated carbocycles. The standard InChI is InChI=1S/C22H20F3N3O2/c1-12-6-7-14(20(29)27-15-8-9-15)10-18(12)16-4-3-5-17-19(16)11-26-28-21(17)30-13(2)22(23,24)25/h3-7,10-11,13,15H,8-9H2,1-2H3,(H,27,29)/t13-/m0/s1. The Morgan fingerprint density at radius 3 is 2.63 bits per heavy atom. The quantitative estimate of drug-likeness (QED) is 0.649. The first-order chi connectivity index (χ1) is 14.2. The lowest BCUT2D eigenvalue weighted by Crippen LogP contribution is -2.31. The molecule has 0 saturated heterocycles. The number of carbonyl (C=O) groups excluding carboxylic acids is 1. The highest BCUT2D eigenvalue weighted by Crippen LogP contribution is 2.35. The van der Waals surface area contributed by atoms with E-state index in [0.29, 0.717) is 16.3 Å². The van der Waals surface area contributed by atoms with Gasteiger partial charge in [-0.15, -0.1) is 5.10 Å². The maximum atomic E-state index is 12.9. The van der Waals surface area contributed by atoms with Crippen molar-refractivity contribution in [2.75, 3.05) is 0 Å². The van der Waals surface area contributed by atoms with E-state index in [9.17, 15) is 18.0 Å². The number of rotatable bonds is 5. The molecule has 1 aliphatic carbocycles. The molecule has 1 heterocycles. The van der Waals surface area contributed by atoms with Gasteiger partial charge in [0, 0.05) is 22.4 Å². The Morgan fingerprint density at radius 2 is 1.93 bits per heavy atom. The maximum absolute atomic E-state index is 12.9. The summed E-state index contributed by atoms with van der Waals surface area (Å²) in [6, 6.07) is 10.9. The lowest BCUT2D eigenvalue weighted by atomic mass is 9.94. The molecule has 0 spiro atoms. The Hall–Kier alpha value is -3.16. The number of aromatic nitrogens is 2. The first-order valence-electron chi connectivity index (χ1n) is 9.63. The highest BCUT2D eigenvalue weighted by Gasteiger charge is 2.38. The van der Waals surface area contributed by atoms with Crippen LogP contribution in [0.4, 0.5) is 13.2 Å². The predicted octanol–water partition coefficient (Wildman–Crippen LogP) is 4.83. The third kappa shape index (κ3) is 4.08. The molecule has 0 bridgehead atoms. The van der Waals surface area contributed by atoms with Crippen LogP contribution >= 0.6 is 0 Å². The van der Waals surface area contributed by atoms with Crippen LogP contribution in [-0.2, 0) is 0 Å². The first kappa shape index (κ1) is 20.1. The van der Waals surface area contributed by atoms with E-state index in [1.54, 1.807) is 24.3 Å². The number of nitrogens with zero attached hydrogens (tertiary/aromatic N) is 2. The summed E-state index contributed by atoms with van der Waals surface area (Å²) >= 11 is 0. The number of carbonyl (C=O) groups is 1. The van der Waals surface area contributed by atoms with Gasteiger partial charge < -0.3 is 10.1 Å². The Labute approximate surface area is 171 Å². The van der Waals surface area contributed by atoms with Crippen LogP contribution in [0.3, 0.4) is 0 Å². The molecule has 1 atom stereocenters. The molecular weight excluding hydrogens is 395 g/mol. The molecule has 0 radical (unpaired) electrons. The molecule has 156 valence electrons. The summed E-state index contributed by atoms with van der Waals surface area (Å²) in [5.41, 5.74) is 2.99. The lowest BCUT2D eigenvalue weighted by Gasteiger charge is -2.18. The number of hydrogen-bond donors (Lipinski definition) is 1. The van der Waals surface area contributed by atoms with E-state index in [0.717, 1.165) is 36.5 Å². The fraction of sp³-hybridized carbons (Fsp3) is 0.318. The van der Waals surface area contributed by atoms with Gasteiger partial charge in [0.25, 0.3) is 5.91 Å². The highest BCUT2D eigenvalue weighted by atomic mass is 19.4. The second-order valence-electron chi connectivity index (χ2n) is 7.50. The molecule has 30 heavy (non-hydrogen) atoms. The fourth-order valence-corrected chi connectivity index (χ4v) is 3.19. The van der Waals surface area contributed by atoms with E-state index >= 15 is 0 Å². The zero-order valence-electron chi connectivity index (χ0n) is 16.5. The monoisotopic (exact) mass is 415 g/mol. The van der Waals surface area contributed by atoms with Crippen molar-refractivity contribution in [1.82, 2.24) is 15.5 Å². The summed E-state index contributed by atoms with van der Waals surface area (Å²) in [5, 5.41) is 11.6. The van der Waals surface area contributed by atoms with E-state index in [-0.39, 0.29) is 17.8 Å². The second kappa shape index (κ2) is 7.59. The molecule has 1 amide bonds. The van der Waals surface area contributed by atoms with Crippen molar-refractivity contribution < 1.29 is 22.7 Å². The van der Waals surface area contributed by atoms with Crippen LogP contribution < -0.4 is 10.1 Å². The summed E-state index contributed by atoms with van der Waals surface area (Å²) in [6.07, 6.45) is -3.05. The summed E-state index contributed by atoms with van der Waals surface area (Å²) in [7, 11) is 0. The second-order valence-corrected chi connectivity index (χ2v) is 7.50. The average Bonchev–Trinajstić information content (AvgIpc) is 3.51. The van der Waals surface area contributed by atoms with Gasteiger partial charge in [0.05, 0.1) is 6.20 Å². The summed E-state index contributed by atoms with van der Waals surface area (Å²) in [6.45, 7) is 2.84. The Morgan fingerprint density at radius 1 is 1.17 bits per heavy atom. The summed E-state index contributed by atoms with van der Waals surface area (Å²) in [4.78, 5) is 12.5. The minimum Gasteiger partial charge on any atom is -0.463 e. The van der Waals surface area contributed by atoms with Crippen molar-refractivity contribution in [2.45, 2.75) is 45.0 Å². The third-order valence-electron chi connectivity index (χ3n) is 5.12. The van der Waals surface area contributed by atoms with Crippen LogP contribution in [-0.4, -0.2) is 34.4 Å². The van der Waals surface area contributed by atoms with Crippen molar-refractivity contribution in [3.05, 3.63) is 53.7 Å². The molecular formula is C22H20F3N3O2. The Balaban J connectivity index is 1.76. The number of alkyl halides is 3. The van der Waals surface area contributed by atoms with Gasteiger partial charge in [-0.25, -0.2) is 0 Å². The predicted molar refractivity (Wildman–Crippen MR) is 106 cm³/mol. The van der Waals surface area contributed by atoms with Crippen molar-refractivity contribution in [3.8, 4) is 17.0 Å². The largest absolute Gasteiger partial charge is 0.463 e. The summed E-state index contributed by atoms with van der Waals surface area (Å²) in [5.74, 6) is -0.318. The molecule has 0 unspecified atom stereocenters. The van der Waals surface area contributed by atoms with Gasteiger partial charge in [0.2, 0.25) is 5.88 Å². The average molecular weight is 415 g/mol. The van der Waals surface area contributed by atoms with Gasteiger partial charge in [-0.05, 0) is 61.6 Å². The molecule has 5 nitrogen and oxygen atoms in total. The fourth-order valence-electron chi connectivity index (χ4n) is 3.19.